The van der Waals surface area contributed by atoms with E-state index in [1.54, 1.807) is 16.8 Å². The molecule has 0 radical (unpaired) electrons. The first-order chi connectivity index (χ1) is 10.1. The summed E-state index contributed by atoms with van der Waals surface area (Å²) in [6, 6.07) is 6.43. The van der Waals surface area contributed by atoms with Gasteiger partial charge in [-0.1, -0.05) is 17.3 Å². The van der Waals surface area contributed by atoms with E-state index in [0.717, 1.165) is 18.4 Å². The van der Waals surface area contributed by atoms with E-state index < -0.39 is 11.9 Å². The van der Waals surface area contributed by atoms with Crippen molar-refractivity contribution in [3.63, 3.8) is 0 Å². The molecule has 2 N–H and O–H groups in total. The molecular weight excluding hydrogens is 274 g/mol. The third kappa shape index (κ3) is 2.62. The van der Waals surface area contributed by atoms with E-state index >= 15 is 0 Å². The number of rotatable bonds is 5. The molecule has 7 heteroatoms. The second-order valence-electron chi connectivity index (χ2n) is 5.06. The van der Waals surface area contributed by atoms with Gasteiger partial charge in [0.15, 0.2) is 5.69 Å². The van der Waals surface area contributed by atoms with Crippen LogP contribution in [0.1, 0.15) is 50.9 Å². The van der Waals surface area contributed by atoms with Crippen LogP contribution in [0.4, 0.5) is 0 Å². The number of carbonyl (C=O) groups is 2. The number of carboxylic acids is 2. The van der Waals surface area contributed by atoms with Gasteiger partial charge in [-0.3, -0.25) is 0 Å². The quantitative estimate of drug-likeness (QED) is 0.865. The molecule has 1 heterocycles. The molecule has 1 aromatic carbocycles. The van der Waals surface area contributed by atoms with Gasteiger partial charge in [-0.2, -0.15) is 0 Å². The van der Waals surface area contributed by atoms with E-state index in [1.807, 2.05) is 0 Å². The van der Waals surface area contributed by atoms with Crippen molar-refractivity contribution in [3.05, 3.63) is 46.8 Å². The molecule has 7 nitrogen and oxygen atoms in total. The Morgan fingerprint density at radius 1 is 1.14 bits per heavy atom. The Kier molecular flexibility index (Phi) is 3.17. The molecule has 108 valence electrons. The molecule has 0 amide bonds. The van der Waals surface area contributed by atoms with Gasteiger partial charge < -0.3 is 10.2 Å². The number of benzene rings is 1. The lowest BCUT2D eigenvalue weighted by molar-refractivity contribution is 0.0681. The maximum Gasteiger partial charge on any atom is 0.358 e. The molecule has 0 aliphatic heterocycles. The van der Waals surface area contributed by atoms with Crippen molar-refractivity contribution in [2.45, 2.75) is 25.3 Å². The van der Waals surface area contributed by atoms with Crippen molar-refractivity contribution in [1.29, 1.82) is 0 Å². The SMILES string of the molecule is O=C(O)c1ccc(Cn2nnc(C(=O)O)c2C2CC2)cc1. The first-order valence-electron chi connectivity index (χ1n) is 6.55. The molecular formula is C14H13N3O4. The van der Waals surface area contributed by atoms with Gasteiger partial charge in [0.05, 0.1) is 17.8 Å². The van der Waals surface area contributed by atoms with Crippen LogP contribution < -0.4 is 0 Å². The van der Waals surface area contributed by atoms with Crippen LogP contribution in [-0.2, 0) is 6.54 Å². The van der Waals surface area contributed by atoms with Crippen LogP contribution in [0.25, 0.3) is 0 Å². The second kappa shape index (κ2) is 5.01. The Morgan fingerprint density at radius 2 is 1.81 bits per heavy atom. The number of aromatic nitrogens is 3. The molecule has 0 bridgehead atoms. The Hall–Kier alpha value is -2.70. The molecule has 2 aromatic rings. The molecule has 1 aliphatic rings. The lowest BCUT2D eigenvalue weighted by Gasteiger charge is -2.06. The van der Waals surface area contributed by atoms with Crippen molar-refractivity contribution in [3.8, 4) is 0 Å². The maximum atomic E-state index is 11.2. The lowest BCUT2D eigenvalue weighted by atomic mass is 10.1. The van der Waals surface area contributed by atoms with E-state index in [1.165, 1.54) is 12.1 Å². The molecule has 1 aliphatic carbocycles. The Morgan fingerprint density at radius 3 is 2.33 bits per heavy atom. The summed E-state index contributed by atoms with van der Waals surface area (Å²) in [6.45, 7) is 0.381. The zero-order chi connectivity index (χ0) is 15.0. The van der Waals surface area contributed by atoms with Crippen LogP contribution in [0.5, 0.6) is 0 Å². The average molecular weight is 287 g/mol. The zero-order valence-electron chi connectivity index (χ0n) is 11.1. The molecule has 3 rings (SSSR count). The predicted molar refractivity (Wildman–Crippen MR) is 71.5 cm³/mol. The van der Waals surface area contributed by atoms with E-state index in [9.17, 15) is 9.59 Å². The largest absolute Gasteiger partial charge is 0.478 e. The summed E-state index contributed by atoms with van der Waals surface area (Å²) in [5.74, 6) is -1.83. The summed E-state index contributed by atoms with van der Waals surface area (Å²) in [5.41, 5.74) is 1.74. The van der Waals surface area contributed by atoms with E-state index in [0.29, 0.717) is 12.2 Å². The molecule has 21 heavy (non-hydrogen) atoms. The van der Waals surface area contributed by atoms with Crippen molar-refractivity contribution >= 4 is 11.9 Å². The van der Waals surface area contributed by atoms with Crippen molar-refractivity contribution in [1.82, 2.24) is 15.0 Å². The maximum absolute atomic E-state index is 11.2. The molecule has 0 atom stereocenters. The average Bonchev–Trinajstić information content (AvgIpc) is 3.20. The fourth-order valence-corrected chi connectivity index (χ4v) is 2.28. The molecule has 1 aromatic heterocycles. The molecule has 1 fully saturated rings. The van der Waals surface area contributed by atoms with Crippen LogP contribution >= 0.6 is 0 Å². The highest BCUT2D eigenvalue weighted by atomic mass is 16.4. The summed E-state index contributed by atoms with van der Waals surface area (Å²) in [6.07, 6.45) is 1.90. The van der Waals surface area contributed by atoms with Crippen LogP contribution in [0.15, 0.2) is 24.3 Å². The molecule has 0 spiro atoms. The number of carboxylic acid groups (broad SMARTS) is 2. The van der Waals surface area contributed by atoms with Gasteiger partial charge in [0.25, 0.3) is 0 Å². The van der Waals surface area contributed by atoms with Crippen molar-refractivity contribution in [2.75, 3.05) is 0 Å². The number of hydrogen-bond acceptors (Lipinski definition) is 4. The minimum absolute atomic E-state index is 0.0136. The predicted octanol–water partition coefficient (Wildman–Crippen LogP) is 1.60. The fourth-order valence-electron chi connectivity index (χ4n) is 2.28. The van der Waals surface area contributed by atoms with Gasteiger partial charge in [-0.25, -0.2) is 14.3 Å². The normalized spacial score (nSPS) is 14.1. The van der Waals surface area contributed by atoms with Gasteiger partial charge >= 0.3 is 11.9 Å². The summed E-state index contributed by atoms with van der Waals surface area (Å²) in [7, 11) is 0. The summed E-state index contributed by atoms with van der Waals surface area (Å²) in [4.78, 5) is 22.0. The number of aromatic carboxylic acids is 2. The third-order valence-corrected chi connectivity index (χ3v) is 3.47. The van der Waals surface area contributed by atoms with Crippen LogP contribution in [0.3, 0.4) is 0 Å². The second-order valence-corrected chi connectivity index (χ2v) is 5.06. The Labute approximate surface area is 119 Å². The van der Waals surface area contributed by atoms with E-state index in [4.69, 9.17) is 10.2 Å². The van der Waals surface area contributed by atoms with Crippen LogP contribution in [-0.4, -0.2) is 37.1 Å². The molecule has 1 saturated carbocycles. The topological polar surface area (TPSA) is 105 Å². The van der Waals surface area contributed by atoms with Crippen LogP contribution in [0, 0.1) is 0 Å². The first kappa shape index (κ1) is 13.3. The zero-order valence-corrected chi connectivity index (χ0v) is 11.1. The highest BCUT2D eigenvalue weighted by molar-refractivity contribution is 5.87. The van der Waals surface area contributed by atoms with Gasteiger partial charge in [0.1, 0.15) is 0 Å². The smallest absolute Gasteiger partial charge is 0.358 e. The molecule has 0 unspecified atom stereocenters. The number of hydrogen-bond donors (Lipinski definition) is 2. The van der Waals surface area contributed by atoms with Crippen molar-refractivity contribution in [2.24, 2.45) is 0 Å². The van der Waals surface area contributed by atoms with Gasteiger partial charge in [-0.05, 0) is 30.5 Å². The summed E-state index contributed by atoms with van der Waals surface area (Å²) < 4.78 is 1.59. The van der Waals surface area contributed by atoms with Gasteiger partial charge in [-0.15, -0.1) is 5.10 Å². The summed E-state index contributed by atoms with van der Waals surface area (Å²) in [5, 5.41) is 25.7. The lowest BCUT2D eigenvalue weighted by Crippen LogP contribution is -2.08. The minimum Gasteiger partial charge on any atom is -0.478 e. The monoisotopic (exact) mass is 287 g/mol. The van der Waals surface area contributed by atoms with E-state index in [-0.39, 0.29) is 17.2 Å². The number of nitrogens with zero attached hydrogens (tertiary/aromatic N) is 3. The Bertz CT molecular complexity index is 702. The van der Waals surface area contributed by atoms with Gasteiger partial charge in [0.2, 0.25) is 0 Å². The highest BCUT2D eigenvalue weighted by Gasteiger charge is 2.33. The van der Waals surface area contributed by atoms with Crippen molar-refractivity contribution < 1.29 is 19.8 Å². The molecule has 0 saturated heterocycles. The minimum atomic E-state index is -1.07. The van der Waals surface area contributed by atoms with Crippen LogP contribution in [0.2, 0.25) is 0 Å². The van der Waals surface area contributed by atoms with Gasteiger partial charge in [0, 0.05) is 5.92 Å². The Balaban J connectivity index is 1.87. The highest BCUT2D eigenvalue weighted by Crippen LogP contribution is 2.41. The fraction of sp³-hybridized carbons (Fsp3) is 0.286. The third-order valence-electron chi connectivity index (χ3n) is 3.47. The van der Waals surface area contributed by atoms with E-state index in [2.05, 4.69) is 10.3 Å². The standard InChI is InChI=1S/C14H13N3O4/c18-13(19)10-3-1-8(2-4-10)7-17-12(9-5-6-9)11(14(20)21)15-16-17/h1-4,9H,5-7H2,(H,18,19)(H,20,21). The first-order valence-corrected chi connectivity index (χ1v) is 6.55. The summed E-state index contributed by atoms with van der Waals surface area (Å²) >= 11 is 0.